The number of rotatable bonds is 7. The number of nitrogens with zero attached hydrogens (tertiary/aromatic N) is 2. The number of anilines is 2. The van der Waals surface area contributed by atoms with Gasteiger partial charge in [-0.3, -0.25) is 4.79 Å². The van der Waals surface area contributed by atoms with E-state index >= 15 is 0 Å². The summed E-state index contributed by atoms with van der Waals surface area (Å²) in [5.41, 5.74) is 5.47. The first-order valence-corrected chi connectivity index (χ1v) is 8.36. The van der Waals surface area contributed by atoms with E-state index < -0.39 is 0 Å². The fraction of sp³-hybridized carbons (Fsp3) is 0.150. The van der Waals surface area contributed by atoms with E-state index in [1.807, 2.05) is 43.3 Å². The van der Waals surface area contributed by atoms with E-state index in [1.54, 1.807) is 36.6 Å². The Labute approximate surface area is 158 Å². The minimum atomic E-state index is -0.336. The Kier molecular flexibility index (Phi) is 7.13. The molecule has 0 aliphatic carbocycles. The van der Waals surface area contributed by atoms with Crippen molar-refractivity contribution in [1.29, 1.82) is 0 Å². The first-order valence-electron chi connectivity index (χ1n) is 8.36. The maximum absolute atomic E-state index is 12.1. The molecule has 0 aromatic heterocycles. The van der Waals surface area contributed by atoms with Gasteiger partial charge in [0.05, 0.1) is 6.21 Å². The van der Waals surface area contributed by atoms with E-state index in [2.05, 4.69) is 27.7 Å². The number of urea groups is 1. The molecule has 0 bridgehead atoms. The van der Waals surface area contributed by atoms with Crippen LogP contribution >= 0.6 is 0 Å². The molecule has 3 N–H and O–H groups in total. The van der Waals surface area contributed by atoms with Crippen LogP contribution in [-0.2, 0) is 0 Å². The number of carbonyl (C=O) groups is 2. The lowest BCUT2D eigenvalue weighted by Crippen LogP contribution is -2.28. The molecule has 0 aliphatic rings. The van der Waals surface area contributed by atoms with Crippen molar-refractivity contribution < 1.29 is 9.59 Å². The Morgan fingerprint density at radius 3 is 2.33 bits per heavy atom. The fourth-order valence-electron chi connectivity index (χ4n) is 2.13. The van der Waals surface area contributed by atoms with Gasteiger partial charge in [-0.05, 0) is 42.0 Å². The van der Waals surface area contributed by atoms with Crippen LogP contribution in [0.2, 0.25) is 0 Å². The highest BCUT2D eigenvalue weighted by atomic mass is 16.2. The summed E-state index contributed by atoms with van der Waals surface area (Å²) in [6.45, 7) is 3.90. The Balaban J connectivity index is 1.88. The molecule has 0 fully saturated rings. The maximum Gasteiger partial charge on any atom is 0.319 e. The predicted molar refractivity (Wildman–Crippen MR) is 109 cm³/mol. The van der Waals surface area contributed by atoms with Crippen LogP contribution in [0.4, 0.5) is 16.2 Å². The minimum absolute atomic E-state index is 0.334. The molecule has 0 saturated carbocycles. The molecule has 0 radical (unpaired) electrons. The normalized spacial score (nSPS) is 10.3. The highest BCUT2D eigenvalue weighted by Gasteiger charge is 2.05. The van der Waals surface area contributed by atoms with Crippen molar-refractivity contribution in [2.45, 2.75) is 0 Å². The van der Waals surface area contributed by atoms with Gasteiger partial charge in [-0.25, -0.2) is 10.2 Å². The van der Waals surface area contributed by atoms with Crippen LogP contribution < -0.4 is 21.0 Å². The number of amides is 3. The van der Waals surface area contributed by atoms with E-state index in [4.69, 9.17) is 0 Å². The largest absolute Gasteiger partial charge is 0.378 e. The Morgan fingerprint density at radius 2 is 1.74 bits per heavy atom. The summed E-state index contributed by atoms with van der Waals surface area (Å²) in [5, 5.41) is 9.23. The van der Waals surface area contributed by atoms with E-state index in [0.29, 0.717) is 17.8 Å². The molecule has 2 aromatic rings. The molecule has 27 heavy (non-hydrogen) atoms. The molecule has 0 spiro atoms. The molecule has 0 heterocycles. The average Bonchev–Trinajstić information content (AvgIpc) is 2.67. The monoisotopic (exact) mass is 365 g/mol. The van der Waals surface area contributed by atoms with E-state index in [-0.39, 0.29) is 11.9 Å². The van der Waals surface area contributed by atoms with Gasteiger partial charge in [-0.15, -0.1) is 6.58 Å². The van der Waals surface area contributed by atoms with Crippen LogP contribution in [0, 0.1) is 0 Å². The van der Waals surface area contributed by atoms with Crippen LogP contribution in [0.25, 0.3) is 0 Å². The van der Waals surface area contributed by atoms with E-state index in [9.17, 15) is 9.59 Å². The second-order valence-electron chi connectivity index (χ2n) is 5.89. The van der Waals surface area contributed by atoms with Crippen LogP contribution in [0.3, 0.4) is 0 Å². The van der Waals surface area contributed by atoms with Gasteiger partial charge in [0.2, 0.25) is 0 Å². The number of hydrogen-bond donors (Lipinski definition) is 3. The summed E-state index contributed by atoms with van der Waals surface area (Å²) in [6, 6.07) is 14.0. The summed E-state index contributed by atoms with van der Waals surface area (Å²) in [5.74, 6) is -0.334. The van der Waals surface area contributed by atoms with E-state index in [1.165, 1.54) is 0 Å². The molecule has 0 unspecified atom stereocenters. The smallest absolute Gasteiger partial charge is 0.319 e. The third-order valence-electron chi connectivity index (χ3n) is 3.60. The number of carbonyl (C=O) groups excluding carboxylic acids is 2. The Bertz CT molecular complexity index is 811. The maximum atomic E-state index is 12.1. The van der Waals surface area contributed by atoms with Crippen LogP contribution in [0.5, 0.6) is 0 Å². The zero-order valence-corrected chi connectivity index (χ0v) is 15.4. The summed E-state index contributed by atoms with van der Waals surface area (Å²) >= 11 is 0. The van der Waals surface area contributed by atoms with Gasteiger partial charge in [0.15, 0.2) is 0 Å². The molecule has 0 atom stereocenters. The predicted octanol–water partition coefficient (Wildman–Crippen LogP) is 2.82. The molecule has 2 aromatic carbocycles. The molecule has 3 amide bonds. The van der Waals surface area contributed by atoms with Crippen molar-refractivity contribution >= 4 is 29.5 Å². The molecular weight excluding hydrogens is 342 g/mol. The summed E-state index contributed by atoms with van der Waals surface area (Å²) in [7, 11) is 3.94. The summed E-state index contributed by atoms with van der Waals surface area (Å²) in [6.07, 6.45) is 3.17. The highest BCUT2D eigenvalue weighted by molar-refractivity contribution is 5.96. The fourth-order valence-corrected chi connectivity index (χ4v) is 2.13. The van der Waals surface area contributed by atoms with Gasteiger partial charge in [0, 0.05) is 37.6 Å². The highest BCUT2D eigenvalue weighted by Crippen LogP contribution is 2.11. The Hall–Kier alpha value is -3.61. The molecule has 0 aliphatic heterocycles. The molecule has 0 saturated heterocycles. The van der Waals surface area contributed by atoms with Gasteiger partial charge < -0.3 is 15.5 Å². The molecular formula is C20H23N5O2. The second-order valence-corrected chi connectivity index (χ2v) is 5.89. The SMILES string of the molecule is C=CCNC(=O)Nc1ccc(C(=O)N/N=C\c2ccc(N(C)C)cc2)cc1. The number of hydrogen-bond acceptors (Lipinski definition) is 4. The van der Waals surface area contributed by atoms with Crippen LogP contribution in [0.15, 0.2) is 66.3 Å². The van der Waals surface area contributed by atoms with Crippen molar-refractivity contribution in [3.05, 3.63) is 72.3 Å². The van der Waals surface area contributed by atoms with Crippen molar-refractivity contribution in [2.24, 2.45) is 5.10 Å². The lowest BCUT2D eigenvalue weighted by atomic mass is 10.2. The lowest BCUT2D eigenvalue weighted by Gasteiger charge is -2.11. The first-order chi connectivity index (χ1) is 13.0. The van der Waals surface area contributed by atoms with Crippen LogP contribution in [-0.4, -0.2) is 38.8 Å². The molecule has 7 heteroatoms. The van der Waals surface area contributed by atoms with Crippen molar-refractivity contribution in [3.63, 3.8) is 0 Å². The summed E-state index contributed by atoms with van der Waals surface area (Å²) in [4.78, 5) is 25.7. The topological polar surface area (TPSA) is 85.8 Å². The third-order valence-corrected chi connectivity index (χ3v) is 3.60. The van der Waals surface area contributed by atoms with Crippen LogP contribution in [0.1, 0.15) is 15.9 Å². The van der Waals surface area contributed by atoms with Gasteiger partial charge >= 0.3 is 6.03 Å². The van der Waals surface area contributed by atoms with E-state index in [0.717, 1.165) is 11.3 Å². The molecule has 2 rings (SSSR count). The standard InChI is InChI=1S/C20H23N5O2/c1-4-13-21-20(27)23-17-9-7-16(8-10-17)19(26)24-22-14-15-5-11-18(12-6-15)25(2)3/h4-12,14H,1,13H2,2-3H3,(H,24,26)(H2,21,23,27)/b22-14-. The quantitative estimate of drug-likeness (QED) is 0.401. The minimum Gasteiger partial charge on any atom is -0.378 e. The van der Waals surface area contributed by atoms with Crippen molar-refractivity contribution in [3.8, 4) is 0 Å². The van der Waals surface area contributed by atoms with Gasteiger partial charge in [-0.1, -0.05) is 18.2 Å². The number of nitrogens with one attached hydrogen (secondary N) is 3. The molecule has 140 valence electrons. The van der Waals surface area contributed by atoms with Gasteiger partial charge in [0.25, 0.3) is 5.91 Å². The van der Waals surface area contributed by atoms with Gasteiger partial charge in [-0.2, -0.15) is 5.10 Å². The Morgan fingerprint density at radius 1 is 1.07 bits per heavy atom. The second kappa shape index (κ2) is 9.76. The third kappa shape index (κ3) is 6.32. The zero-order valence-electron chi connectivity index (χ0n) is 15.4. The number of hydrazone groups is 1. The number of benzene rings is 2. The van der Waals surface area contributed by atoms with Crippen molar-refractivity contribution in [2.75, 3.05) is 30.9 Å². The lowest BCUT2D eigenvalue weighted by molar-refractivity contribution is 0.0955. The summed E-state index contributed by atoms with van der Waals surface area (Å²) < 4.78 is 0. The van der Waals surface area contributed by atoms with Gasteiger partial charge in [0.1, 0.15) is 0 Å². The average molecular weight is 365 g/mol. The first kappa shape index (κ1) is 19.7. The van der Waals surface area contributed by atoms with Crippen molar-refractivity contribution in [1.82, 2.24) is 10.7 Å². The zero-order chi connectivity index (χ0) is 19.6. The molecule has 7 nitrogen and oxygen atoms in total.